The average molecular weight is 380 g/mol. The SMILES string of the molecule is CCCCCCCCCCC(CCCCCCCC)CNc1ccsc1. The fourth-order valence-electron chi connectivity index (χ4n) is 3.76. The number of unbranched alkanes of at least 4 members (excludes halogenated alkanes) is 12. The van der Waals surface area contributed by atoms with Gasteiger partial charge in [-0.1, -0.05) is 104 Å². The summed E-state index contributed by atoms with van der Waals surface area (Å²) >= 11 is 1.79. The Kier molecular flexibility index (Phi) is 16.2. The lowest BCUT2D eigenvalue weighted by atomic mass is 9.94. The quantitative estimate of drug-likeness (QED) is 0.236. The zero-order valence-electron chi connectivity index (χ0n) is 17.7. The molecule has 152 valence electrons. The van der Waals surface area contributed by atoms with E-state index >= 15 is 0 Å². The average Bonchev–Trinajstić information content (AvgIpc) is 3.17. The molecule has 0 aliphatic carbocycles. The zero-order valence-corrected chi connectivity index (χ0v) is 18.6. The summed E-state index contributed by atoms with van der Waals surface area (Å²) in [5, 5.41) is 8.08. The summed E-state index contributed by atoms with van der Waals surface area (Å²) in [4.78, 5) is 0. The molecule has 0 aliphatic rings. The van der Waals surface area contributed by atoms with Gasteiger partial charge in [-0.2, -0.15) is 11.3 Å². The minimum Gasteiger partial charge on any atom is -0.384 e. The summed E-state index contributed by atoms with van der Waals surface area (Å²) in [6.07, 6.45) is 22.8. The van der Waals surface area contributed by atoms with Crippen molar-refractivity contribution < 1.29 is 0 Å². The molecule has 0 amide bonds. The lowest BCUT2D eigenvalue weighted by molar-refractivity contribution is 0.418. The zero-order chi connectivity index (χ0) is 18.7. The predicted octanol–water partition coefficient (Wildman–Crippen LogP) is 9.06. The van der Waals surface area contributed by atoms with Gasteiger partial charge in [0.15, 0.2) is 0 Å². The lowest BCUT2D eigenvalue weighted by Crippen LogP contribution is -2.14. The van der Waals surface area contributed by atoms with Crippen molar-refractivity contribution in [1.29, 1.82) is 0 Å². The van der Waals surface area contributed by atoms with Gasteiger partial charge in [0, 0.05) is 17.6 Å². The van der Waals surface area contributed by atoms with E-state index in [2.05, 4.69) is 36.0 Å². The molecule has 0 radical (unpaired) electrons. The van der Waals surface area contributed by atoms with Crippen molar-refractivity contribution in [2.45, 2.75) is 117 Å². The fourth-order valence-corrected chi connectivity index (χ4v) is 4.37. The molecule has 0 bridgehead atoms. The molecule has 1 nitrogen and oxygen atoms in total. The van der Waals surface area contributed by atoms with Crippen LogP contribution < -0.4 is 5.32 Å². The third-order valence-electron chi connectivity index (χ3n) is 5.55. The Balaban J connectivity index is 2.13. The van der Waals surface area contributed by atoms with E-state index < -0.39 is 0 Å². The van der Waals surface area contributed by atoms with Gasteiger partial charge in [-0.05, 0) is 30.2 Å². The normalized spacial score (nSPS) is 12.4. The minimum absolute atomic E-state index is 0.862. The Morgan fingerprint density at radius 1 is 0.731 bits per heavy atom. The first-order chi connectivity index (χ1) is 12.9. The number of hydrogen-bond donors (Lipinski definition) is 1. The second-order valence-electron chi connectivity index (χ2n) is 8.08. The van der Waals surface area contributed by atoms with Gasteiger partial charge in [-0.15, -0.1) is 0 Å². The first-order valence-corrected chi connectivity index (χ1v) is 12.6. The second kappa shape index (κ2) is 17.9. The number of thiophene rings is 1. The van der Waals surface area contributed by atoms with E-state index in [0.29, 0.717) is 0 Å². The van der Waals surface area contributed by atoms with Crippen molar-refractivity contribution in [3.63, 3.8) is 0 Å². The molecule has 1 rings (SSSR count). The van der Waals surface area contributed by atoms with Crippen LogP contribution in [-0.4, -0.2) is 6.54 Å². The summed E-state index contributed by atoms with van der Waals surface area (Å²) in [5.74, 6) is 0.862. The highest BCUT2D eigenvalue weighted by atomic mass is 32.1. The number of hydrogen-bond acceptors (Lipinski definition) is 2. The molecule has 1 unspecified atom stereocenters. The van der Waals surface area contributed by atoms with Crippen LogP contribution in [0.15, 0.2) is 16.8 Å². The summed E-state index contributed by atoms with van der Waals surface area (Å²) in [5.41, 5.74) is 1.32. The Labute approximate surface area is 168 Å². The topological polar surface area (TPSA) is 12.0 Å². The van der Waals surface area contributed by atoms with Crippen molar-refractivity contribution >= 4 is 17.0 Å². The van der Waals surface area contributed by atoms with Gasteiger partial charge in [0.1, 0.15) is 0 Å². The molecule has 26 heavy (non-hydrogen) atoms. The lowest BCUT2D eigenvalue weighted by Gasteiger charge is -2.18. The first-order valence-electron chi connectivity index (χ1n) is 11.6. The van der Waals surface area contributed by atoms with Crippen molar-refractivity contribution in [2.24, 2.45) is 5.92 Å². The smallest absolute Gasteiger partial charge is 0.0448 e. The van der Waals surface area contributed by atoms with Crippen molar-refractivity contribution in [3.8, 4) is 0 Å². The maximum absolute atomic E-state index is 3.67. The summed E-state index contributed by atoms with van der Waals surface area (Å²) in [7, 11) is 0. The van der Waals surface area contributed by atoms with Gasteiger partial charge >= 0.3 is 0 Å². The molecule has 0 saturated carbocycles. The van der Waals surface area contributed by atoms with E-state index in [-0.39, 0.29) is 0 Å². The van der Waals surface area contributed by atoms with Crippen LogP contribution in [0.3, 0.4) is 0 Å². The van der Waals surface area contributed by atoms with E-state index in [4.69, 9.17) is 0 Å². The Hall–Kier alpha value is -0.500. The van der Waals surface area contributed by atoms with Crippen LogP contribution in [-0.2, 0) is 0 Å². The van der Waals surface area contributed by atoms with Crippen LogP contribution in [0, 0.1) is 5.92 Å². The van der Waals surface area contributed by atoms with Crippen LogP contribution in [0.25, 0.3) is 0 Å². The monoisotopic (exact) mass is 379 g/mol. The Morgan fingerprint density at radius 2 is 1.23 bits per heavy atom. The molecule has 0 saturated heterocycles. The van der Waals surface area contributed by atoms with Gasteiger partial charge in [0.05, 0.1) is 0 Å². The van der Waals surface area contributed by atoms with Crippen molar-refractivity contribution in [1.82, 2.24) is 0 Å². The molecule has 0 aliphatic heterocycles. The van der Waals surface area contributed by atoms with Crippen molar-refractivity contribution in [2.75, 3.05) is 11.9 Å². The van der Waals surface area contributed by atoms with E-state index in [1.54, 1.807) is 11.3 Å². The van der Waals surface area contributed by atoms with Gasteiger partial charge in [0.2, 0.25) is 0 Å². The van der Waals surface area contributed by atoms with Gasteiger partial charge in [0.25, 0.3) is 0 Å². The van der Waals surface area contributed by atoms with Crippen LogP contribution in [0.2, 0.25) is 0 Å². The van der Waals surface area contributed by atoms with Gasteiger partial charge in [-0.3, -0.25) is 0 Å². The summed E-state index contributed by atoms with van der Waals surface area (Å²) in [6, 6.07) is 2.21. The number of anilines is 1. The van der Waals surface area contributed by atoms with E-state index in [1.807, 2.05) is 0 Å². The minimum atomic E-state index is 0.862. The molecule has 1 heterocycles. The fraction of sp³-hybridized carbons (Fsp3) is 0.833. The highest BCUT2D eigenvalue weighted by Crippen LogP contribution is 2.21. The van der Waals surface area contributed by atoms with Crippen molar-refractivity contribution in [3.05, 3.63) is 16.8 Å². The standard InChI is InChI=1S/C24H45NS/c1-3-5-7-9-11-12-14-16-18-23(17-15-13-10-8-6-4-2)21-25-24-19-20-26-22-24/h19-20,22-23,25H,3-18,21H2,1-2H3. The highest BCUT2D eigenvalue weighted by Gasteiger charge is 2.09. The molecule has 1 N–H and O–H groups in total. The Morgan fingerprint density at radius 3 is 1.69 bits per heavy atom. The van der Waals surface area contributed by atoms with E-state index in [9.17, 15) is 0 Å². The molecule has 0 spiro atoms. The summed E-state index contributed by atoms with van der Waals surface area (Å²) < 4.78 is 0. The molecule has 0 aromatic carbocycles. The van der Waals surface area contributed by atoms with Crippen LogP contribution >= 0.6 is 11.3 Å². The number of rotatable bonds is 19. The third kappa shape index (κ3) is 13.7. The third-order valence-corrected chi connectivity index (χ3v) is 6.23. The van der Waals surface area contributed by atoms with Gasteiger partial charge < -0.3 is 5.32 Å². The maximum Gasteiger partial charge on any atom is 0.0448 e. The van der Waals surface area contributed by atoms with Crippen LogP contribution in [0.5, 0.6) is 0 Å². The predicted molar refractivity (Wildman–Crippen MR) is 122 cm³/mol. The van der Waals surface area contributed by atoms with Crippen LogP contribution in [0.4, 0.5) is 5.69 Å². The summed E-state index contributed by atoms with van der Waals surface area (Å²) in [6.45, 7) is 5.77. The molecule has 0 fully saturated rings. The largest absolute Gasteiger partial charge is 0.384 e. The number of nitrogens with one attached hydrogen (secondary N) is 1. The van der Waals surface area contributed by atoms with E-state index in [1.165, 1.54) is 115 Å². The maximum atomic E-state index is 3.67. The molecular weight excluding hydrogens is 334 g/mol. The first kappa shape index (κ1) is 23.5. The molecule has 1 atom stereocenters. The van der Waals surface area contributed by atoms with Crippen LogP contribution in [0.1, 0.15) is 117 Å². The second-order valence-corrected chi connectivity index (χ2v) is 8.86. The van der Waals surface area contributed by atoms with Gasteiger partial charge in [-0.25, -0.2) is 0 Å². The van der Waals surface area contributed by atoms with E-state index in [0.717, 1.165) is 5.92 Å². The highest BCUT2D eigenvalue weighted by molar-refractivity contribution is 7.08. The molecular formula is C24H45NS. The molecule has 1 aromatic heterocycles. The molecule has 2 heteroatoms. The molecule has 1 aromatic rings. The Bertz CT molecular complexity index is 374.